The van der Waals surface area contributed by atoms with Crippen molar-refractivity contribution < 1.29 is 13.2 Å². The molecule has 0 heterocycles. The Hall–Kier alpha value is -1.07. The van der Waals surface area contributed by atoms with Crippen molar-refractivity contribution in [1.82, 2.24) is 10.2 Å². The number of benzene rings is 1. The highest BCUT2D eigenvalue weighted by Gasteiger charge is 2.29. The minimum atomic E-state index is -4.26. The third-order valence-corrected chi connectivity index (χ3v) is 3.10. The summed E-state index contributed by atoms with van der Waals surface area (Å²) >= 11 is 0. The lowest BCUT2D eigenvalue weighted by Crippen LogP contribution is -2.31. The molecule has 0 fully saturated rings. The molecule has 0 saturated carbocycles. The van der Waals surface area contributed by atoms with Crippen molar-refractivity contribution in [3.63, 3.8) is 0 Å². The SMILES string of the molecule is CNC(CCN(C)C)Cc1ccc(C(F)(F)F)cc1. The number of nitrogens with zero attached hydrogens (tertiary/aromatic N) is 1. The molecular formula is C14H21F3N2. The maximum Gasteiger partial charge on any atom is 0.416 e. The zero-order valence-electron chi connectivity index (χ0n) is 11.6. The quantitative estimate of drug-likeness (QED) is 0.858. The third-order valence-electron chi connectivity index (χ3n) is 3.10. The first-order valence-electron chi connectivity index (χ1n) is 6.31. The smallest absolute Gasteiger partial charge is 0.317 e. The second-order valence-electron chi connectivity index (χ2n) is 4.98. The first-order chi connectivity index (χ1) is 8.82. The Morgan fingerprint density at radius 1 is 1.16 bits per heavy atom. The van der Waals surface area contributed by atoms with Crippen molar-refractivity contribution in [3.8, 4) is 0 Å². The second-order valence-corrected chi connectivity index (χ2v) is 4.98. The summed E-state index contributed by atoms with van der Waals surface area (Å²) < 4.78 is 37.3. The van der Waals surface area contributed by atoms with E-state index in [2.05, 4.69) is 10.2 Å². The zero-order chi connectivity index (χ0) is 14.5. The summed E-state index contributed by atoms with van der Waals surface area (Å²) in [5.41, 5.74) is 0.330. The molecule has 1 rings (SSSR count). The lowest BCUT2D eigenvalue weighted by atomic mass is 10.0. The van der Waals surface area contributed by atoms with E-state index in [-0.39, 0.29) is 6.04 Å². The minimum Gasteiger partial charge on any atom is -0.317 e. The molecule has 1 N–H and O–H groups in total. The molecule has 0 aromatic heterocycles. The van der Waals surface area contributed by atoms with Gasteiger partial charge >= 0.3 is 6.18 Å². The van der Waals surface area contributed by atoms with Crippen LogP contribution in [0.2, 0.25) is 0 Å². The van der Waals surface area contributed by atoms with Gasteiger partial charge in [0.15, 0.2) is 0 Å². The van der Waals surface area contributed by atoms with Gasteiger partial charge in [-0.05, 0) is 58.2 Å². The van der Waals surface area contributed by atoms with Gasteiger partial charge in [-0.3, -0.25) is 0 Å². The Bertz CT molecular complexity index is 371. The molecule has 1 aromatic rings. The lowest BCUT2D eigenvalue weighted by molar-refractivity contribution is -0.137. The largest absolute Gasteiger partial charge is 0.416 e. The highest BCUT2D eigenvalue weighted by atomic mass is 19.4. The molecule has 0 aliphatic rings. The number of hydrogen-bond acceptors (Lipinski definition) is 2. The van der Waals surface area contributed by atoms with Crippen molar-refractivity contribution >= 4 is 0 Å². The molecule has 1 atom stereocenters. The molecular weight excluding hydrogens is 253 g/mol. The van der Waals surface area contributed by atoms with E-state index >= 15 is 0 Å². The van der Waals surface area contributed by atoms with Crippen molar-refractivity contribution in [2.75, 3.05) is 27.7 Å². The summed E-state index contributed by atoms with van der Waals surface area (Å²) in [6, 6.07) is 5.69. The monoisotopic (exact) mass is 274 g/mol. The Morgan fingerprint density at radius 2 is 1.74 bits per heavy atom. The van der Waals surface area contributed by atoms with Crippen LogP contribution in [-0.2, 0) is 12.6 Å². The molecule has 5 heteroatoms. The first-order valence-corrected chi connectivity index (χ1v) is 6.31. The van der Waals surface area contributed by atoms with E-state index < -0.39 is 11.7 Å². The fourth-order valence-electron chi connectivity index (χ4n) is 1.88. The number of nitrogens with one attached hydrogen (secondary N) is 1. The van der Waals surface area contributed by atoms with Gasteiger partial charge in [0.1, 0.15) is 0 Å². The molecule has 2 nitrogen and oxygen atoms in total. The summed E-state index contributed by atoms with van der Waals surface area (Å²) in [6.45, 7) is 0.951. The molecule has 1 unspecified atom stereocenters. The maximum absolute atomic E-state index is 12.4. The standard InChI is InChI=1S/C14H21F3N2/c1-18-13(8-9-19(2)3)10-11-4-6-12(7-5-11)14(15,16)17/h4-7,13,18H,8-10H2,1-3H3. The molecule has 0 saturated heterocycles. The van der Waals surface area contributed by atoms with Crippen molar-refractivity contribution in [3.05, 3.63) is 35.4 Å². The van der Waals surface area contributed by atoms with Gasteiger partial charge in [0, 0.05) is 6.04 Å². The molecule has 108 valence electrons. The number of hydrogen-bond donors (Lipinski definition) is 1. The first kappa shape index (κ1) is 16.0. The van der Waals surface area contributed by atoms with Gasteiger partial charge in [0.05, 0.1) is 5.56 Å². The summed E-state index contributed by atoms with van der Waals surface area (Å²) in [6.07, 6.45) is -2.56. The van der Waals surface area contributed by atoms with E-state index in [0.717, 1.165) is 37.1 Å². The Kier molecular flexibility index (Phi) is 5.82. The van der Waals surface area contributed by atoms with E-state index in [1.807, 2.05) is 21.1 Å². The average Bonchev–Trinajstić information content (AvgIpc) is 2.33. The van der Waals surface area contributed by atoms with E-state index in [1.54, 1.807) is 12.1 Å². The molecule has 1 aromatic carbocycles. The van der Waals surface area contributed by atoms with Gasteiger partial charge in [-0.15, -0.1) is 0 Å². The molecule has 0 radical (unpaired) electrons. The van der Waals surface area contributed by atoms with Crippen LogP contribution < -0.4 is 5.32 Å². The second kappa shape index (κ2) is 6.91. The highest BCUT2D eigenvalue weighted by molar-refractivity contribution is 5.25. The third kappa shape index (κ3) is 5.61. The van der Waals surface area contributed by atoms with Crippen LogP contribution >= 0.6 is 0 Å². The number of halogens is 3. The zero-order valence-corrected chi connectivity index (χ0v) is 11.6. The normalized spacial score (nSPS) is 13.8. The van der Waals surface area contributed by atoms with Crippen LogP contribution in [0.25, 0.3) is 0 Å². The van der Waals surface area contributed by atoms with Crippen LogP contribution in [0.15, 0.2) is 24.3 Å². The highest BCUT2D eigenvalue weighted by Crippen LogP contribution is 2.29. The summed E-state index contributed by atoms with van der Waals surface area (Å²) in [7, 11) is 5.89. The van der Waals surface area contributed by atoms with Gasteiger partial charge in [-0.2, -0.15) is 13.2 Å². The molecule has 0 aliphatic heterocycles. The van der Waals surface area contributed by atoms with Gasteiger partial charge in [0.25, 0.3) is 0 Å². The Morgan fingerprint density at radius 3 is 2.16 bits per heavy atom. The van der Waals surface area contributed by atoms with E-state index in [4.69, 9.17) is 0 Å². The van der Waals surface area contributed by atoms with Gasteiger partial charge < -0.3 is 10.2 Å². The Labute approximate surface area is 112 Å². The molecule has 0 spiro atoms. The summed E-state index contributed by atoms with van der Waals surface area (Å²) in [5.74, 6) is 0. The van der Waals surface area contributed by atoms with Gasteiger partial charge in [-0.1, -0.05) is 12.1 Å². The summed E-state index contributed by atoms with van der Waals surface area (Å²) in [4.78, 5) is 2.09. The number of likely N-dealkylation sites (N-methyl/N-ethyl adjacent to an activating group) is 1. The van der Waals surface area contributed by atoms with E-state index in [0.29, 0.717) is 0 Å². The van der Waals surface area contributed by atoms with Crippen LogP contribution in [0.1, 0.15) is 17.5 Å². The maximum atomic E-state index is 12.4. The average molecular weight is 274 g/mol. The lowest BCUT2D eigenvalue weighted by Gasteiger charge is -2.19. The van der Waals surface area contributed by atoms with E-state index in [9.17, 15) is 13.2 Å². The van der Waals surface area contributed by atoms with E-state index in [1.165, 1.54) is 0 Å². The van der Waals surface area contributed by atoms with Crippen LogP contribution in [0, 0.1) is 0 Å². The predicted octanol–water partition coefficient (Wildman–Crippen LogP) is 2.79. The molecule has 0 aliphatic carbocycles. The van der Waals surface area contributed by atoms with Gasteiger partial charge in [0.2, 0.25) is 0 Å². The summed E-state index contributed by atoms with van der Waals surface area (Å²) in [5, 5.41) is 3.20. The number of alkyl halides is 3. The fourth-order valence-corrected chi connectivity index (χ4v) is 1.88. The van der Waals surface area contributed by atoms with Crippen LogP contribution in [0.4, 0.5) is 13.2 Å². The van der Waals surface area contributed by atoms with Crippen LogP contribution in [0.5, 0.6) is 0 Å². The van der Waals surface area contributed by atoms with Crippen LogP contribution in [0.3, 0.4) is 0 Å². The number of rotatable bonds is 6. The van der Waals surface area contributed by atoms with Crippen molar-refractivity contribution in [1.29, 1.82) is 0 Å². The predicted molar refractivity (Wildman–Crippen MR) is 71.2 cm³/mol. The Balaban J connectivity index is 2.60. The minimum absolute atomic E-state index is 0.277. The van der Waals surface area contributed by atoms with Crippen LogP contribution in [-0.4, -0.2) is 38.6 Å². The molecule has 19 heavy (non-hydrogen) atoms. The van der Waals surface area contributed by atoms with Gasteiger partial charge in [-0.25, -0.2) is 0 Å². The topological polar surface area (TPSA) is 15.3 Å². The van der Waals surface area contributed by atoms with Crippen molar-refractivity contribution in [2.45, 2.75) is 25.1 Å². The molecule has 0 amide bonds. The molecule has 0 bridgehead atoms. The fraction of sp³-hybridized carbons (Fsp3) is 0.571. The van der Waals surface area contributed by atoms with Crippen molar-refractivity contribution in [2.24, 2.45) is 0 Å².